The number of para-hydroxylation sites is 2. The minimum atomic E-state index is -0.192. The molecule has 2 aromatic carbocycles. The van der Waals surface area contributed by atoms with Crippen molar-refractivity contribution >= 4 is 0 Å². The van der Waals surface area contributed by atoms with Crippen LogP contribution in [0.15, 0.2) is 54.6 Å². The van der Waals surface area contributed by atoms with Gasteiger partial charge in [-0.25, -0.2) is 4.39 Å². The number of hydrogen-bond acceptors (Lipinski definition) is 4. The molecule has 0 saturated carbocycles. The molecule has 28 heavy (non-hydrogen) atoms. The Balaban J connectivity index is 1.32. The fraction of sp³-hybridized carbons (Fsp3) is 0.318. The molecule has 1 aromatic heterocycles. The Kier molecular flexibility index (Phi) is 5.58. The molecule has 0 amide bonds. The van der Waals surface area contributed by atoms with Gasteiger partial charge in [-0.05, 0) is 48.9 Å². The third-order valence-electron chi connectivity index (χ3n) is 5.11. The van der Waals surface area contributed by atoms with E-state index in [1.165, 1.54) is 12.1 Å². The van der Waals surface area contributed by atoms with Crippen molar-refractivity contribution in [3.63, 3.8) is 0 Å². The molecule has 5 nitrogen and oxygen atoms in total. The van der Waals surface area contributed by atoms with E-state index in [0.717, 1.165) is 48.8 Å². The lowest BCUT2D eigenvalue weighted by molar-refractivity contribution is 0.280. The number of halogens is 1. The molecule has 6 heteroatoms. The zero-order chi connectivity index (χ0) is 19.3. The highest BCUT2D eigenvalue weighted by Gasteiger charge is 2.25. The number of hydrogen-bond donors (Lipinski definition) is 1. The molecular formula is C22H24FN3O2. The van der Waals surface area contributed by atoms with Crippen LogP contribution in [0.5, 0.6) is 11.5 Å². The van der Waals surface area contributed by atoms with E-state index in [9.17, 15) is 4.39 Å². The topological polar surface area (TPSA) is 50.4 Å². The maximum absolute atomic E-state index is 13.1. The number of rotatable bonds is 7. The van der Waals surface area contributed by atoms with Crippen molar-refractivity contribution in [3.05, 3.63) is 77.4 Å². The molecule has 3 aromatic rings. The maximum Gasteiger partial charge on any atom is 0.161 e. The standard InChI is InChI=1S/C22H24FN3O2/c1-27-21-4-2-3-5-22(21)28-15-19-12-20(25-24-19)17-10-11-26(14-17)13-16-6-8-18(23)9-7-16/h2-9,12,17H,10-11,13-15H2,1H3,(H,24,25)/t17-/m0/s1. The second-order valence-corrected chi connectivity index (χ2v) is 7.10. The normalized spacial score (nSPS) is 17.0. The van der Waals surface area contributed by atoms with Gasteiger partial charge in [0.2, 0.25) is 0 Å². The summed E-state index contributed by atoms with van der Waals surface area (Å²) in [4.78, 5) is 2.39. The van der Waals surface area contributed by atoms with Gasteiger partial charge < -0.3 is 9.47 Å². The van der Waals surface area contributed by atoms with Crippen molar-refractivity contribution in [1.82, 2.24) is 15.1 Å². The summed E-state index contributed by atoms with van der Waals surface area (Å²) in [5, 5.41) is 7.58. The molecule has 1 aliphatic rings. The average Bonchev–Trinajstić information content (AvgIpc) is 3.38. The SMILES string of the molecule is COc1ccccc1OCc1cc([C@H]2CCN(Cc3ccc(F)cc3)C2)n[nH]1. The monoisotopic (exact) mass is 381 g/mol. The molecule has 1 fully saturated rings. The van der Waals surface area contributed by atoms with Crippen LogP contribution in [0.4, 0.5) is 4.39 Å². The molecule has 1 saturated heterocycles. The Morgan fingerprint density at radius 1 is 1.14 bits per heavy atom. The van der Waals surface area contributed by atoms with Crippen LogP contribution in [0.3, 0.4) is 0 Å². The van der Waals surface area contributed by atoms with Gasteiger partial charge >= 0.3 is 0 Å². The Hall–Kier alpha value is -2.86. The highest BCUT2D eigenvalue weighted by atomic mass is 19.1. The van der Waals surface area contributed by atoms with Crippen molar-refractivity contribution in [2.75, 3.05) is 20.2 Å². The fourth-order valence-electron chi connectivity index (χ4n) is 3.62. The molecule has 2 heterocycles. The Morgan fingerprint density at radius 3 is 2.71 bits per heavy atom. The average molecular weight is 381 g/mol. The van der Waals surface area contributed by atoms with Crippen molar-refractivity contribution in [2.24, 2.45) is 0 Å². The summed E-state index contributed by atoms with van der Waals surface area (Å²) in [6, 6.07) is 16.4. The molecule has 1 N–H and O–H groups in total. The quantitative estimate of drug-likeness (QED) is 0.669. The molecular weight excluding hydrogens is 357 g/mol. The van der Waals surface area contributed by atoms with Crippen LogP contribution in [0.25, 0.3) is 0 Å². The minimum Gasteiger partial charge on any atom is -0.493 e. The summed E-state index contributed by atoms with van der Waals surface area (Å²) >= 11 is 0. The van der Waals surface area contributed by atoms with Crippen molar-refractivity contribution in [1.29, 1.82) is 0 Å². The Labute approximate surface area is 164 Å². The van der Waals surface area contributed by atoms with Gasteiger partial charge in [0.25, 0.3) is 0 Å². The highest BCUT2D eigenvalue weighted by molar-refractivity contribution is 5.39. The van der Waals surface area contributed by atoms with E-state index in [0.29, 0.717) is 18.3 Å². The van der Waals surface area contributed by atoms with Crippen LogP contribution >= 0.6 is 0 Å². The third-order valence-corrected chi connectivity index (χ3v) is 5.11. The first-order chi connectivity index (χ1) is 13.7. The molecule has 0 bridgehead atoms. The summed E-state index contributed by atoms with van der Waals surface area (Å²) in [5.41, 5.74) is 3.15. The minimum absolute atomic E-state index is 0.192. The molecule has 0 spiro atoms. The van der Waals surface area contributed by atoms with Crippen molar-refractivity contribution in [2.45, 2.75) is 25.5 Å². The van der Waals surface area contributed by atoms with Gasteiger partial charge in [0.15, 0.2) is 11.5 Å². The lowest BCUT2D eigenvalue weighted by atomic mass is 10.1. The molecule has 0 aliphatic carbocycles. The number of ether oxygens (including phenoxy) is 2. The summed E-state index contributed by atoms with van der Waals surface area (Å²) in [6.07, 6.45) is 1.07. The van der Waals surface area contributed by atoms with Crippen LogP contribution in [0.1, 0.15) is 29.3 Å². The second kappa shape index (κ2) is 8.44. The van der Waals surface area contributed by atoms with E-state index in [2.05, 4.69) is 21.2 Å². The van der Waals surface area contributed by atoms with Crippen molar-refractivity contribution < 1.29 is 13.9 Å². The molecule has 1 aliphatic heterocycles. The Morgan fingerprint density at radius 2 is 1.93 bits per heavy atom. The number of aromatic amines is 1. The van der Waals surface area contributed by atoms with E-state index in [4.69, 9.17) is 9.47 Å². The first-order valence-corrected chi connectivity index (χ1v) is 9.48. The molecule has 4 rings (SSSR count). The van der Waals surface area contributed by atoms with Crippen LogP contribution < -0.4 is 9.47 Å². The largest absolute Gasteiger partial charge is 0.493 e. The van der Waals surface area contributed by atoms with Crippen molar-refractivity contribution in [3.8, 4) is 11.5 Å². The maximum atomic E-state index is 13.1. The second-order valence-electron chi connectivity index (χ2n) is 7.10. The third kappa shape index (κ3) is 4.34. The predicted molar refractivity (Wildman–Crippen MR) is 105 cm³/mol. The van der Waals surface area contributed by atoms with E-state index in [-0.39, 0.29) is 5.82 Å². The fourth-order valence-corrected chi connectivity index (χ4v) is 3.62. The number of benzene rings is 2. The van der Waals surface area contributed by atoms with E-state index >= 15 is 0 Å². The summed E-state index contributed by atoms with van der Waals surface area (Å²) in [5.74, 6) is 1.64. The van der Waals surface area contributed by atoms with E-state index < -0.39 is 0 Å². The number of likely N-dealkylation sites (tertiary alicyclic amines) is 1. The van der Waals surface area contributed by atoms with Crippen LogP contribution in [0, 0.1) is 5.82 Å². The van der Waals surface area contributed by atoms with E-state index in [1.54, 1.807) is 7.11 Å². The number of H-pyrrole nitrogens is 1. The van der Waals surface area contributed by atoms with Gasteiger partial charge in [0.1, 0.15) is 12.4 Å². The molecule has 1 atom stereocenters. The van der Waals surface area contributed by atoms with Gasteiger partial charge in [-0.2, -0.15) is 5.10 Å². The number of nitrogens with zero attached hydrogens (tertiary/aromatic N) is 2. The highest BCUT2D eigenvalue weighted by Crippen LogP contribution is 2.29. The van der Waals surface area contributed by atoms with Gasteiger partial charge in [-0.15, -0.1) is 0 Å². The summed E-state index contributed by atoms with van der Waals surface area (Å²) in [7, 11) is 1.63. The van der Waals surface area contributed by atoms with Gasteiger partial charge in [0, 0.05) is 19.0 Å². The summed E-state index contributed by atoms with van der Waals surface area (Å²) in [6.45, 7) is 3.22. The number of aromatic nitrogens is 2. The van der Waals surface area contributed by atoms with Gasteiger partial charge in [-0.3, -0.25) is 10.00 Å². The van der Waals surface area contributed by atoms with Crippen LogP contribution in [-0.4, -0.2) is 35.3 Å². The van der Waals surface area contributed by atoms with E-state index in [1.807, 2.05) is 36.4 Å². The zero-order valence-electron chi connectivity index (χ0n) is 15.9. The molecule has 146 valence electrons. The Bertz CT molecular complexity index is 910. The number of methoxy groups -OCH3 is 1. The van der Waals surface area contributed by atoms with Crippen LogP contribution in [-0.2, 0) is 13.2 Å². The van der Waals surface area contributed by atoms with Gasteiger partial charge in [-0.1, -0.05) is 24.3 Å². The smallest absolute Gasteiger partial charge is 0.161 e. The first-order valence-electron chi connectivity index (χ1n) is 9.48. The molecule has 0 unspecified atom stereocenters. The zero-order valence-corrected chi connectivity index (χ0v) is 15.9. The predicted octanol–water partition coefficient (Wildman–Crippen LogP) is 4.13. The molecule has 0 radical (unpaired) electrons. The lowest BCUT2D eigenvalue weighted by Gasteiger charge is -2.15. The van der Waals surface area contributed by atoms with Gasteiger partial charge in [0.05, 0.1) is 18.5 Å². The number of nitrogens with one attached hydrogen (secondary N) is 1. The lowest BCUT2D eigenvalue weighted by Crippen LogP contribution is -2.19. The van der Waals surface area contributed by atoms with Crippen LogP contribution in [0.2, 0.25) is 0 Å². The summed E-state index contributed by atoms with van der Waals surface area (Å²) < 4.78 is 24.2. The first kappa shape index (κ1) is 18.5.